The molecule has 0 bridgehead atoms. The zero-order valence-corrected chi connectivity index (χ0v) is 10.9. The van der Waals surface area contributed by atoms with Crippen molar-refractivity contribution >= 4 is 18.6 Å². The summed E-state index contributed by atoms with van der Waals surface area (Å²) in [6.45, 7) is 1.21. The molecule has 0 aromatic carbocycles. The molecule has 0 amide bonds. The summed E-state index contributed by atoms with van der Waals surface area (Å²) in [5, 5.41) is 21.1. The van der Waals surface area contributed by atoms with Crippen LogP contribution in [0.1, 0.15) is 6.42 Å². The van der Waals surface area contributed by atoms with Gasteiger partial charge in [-0.25, -0.2) is 0 Å². The van der Waals surface area contributed by atoms with Gasteiger partial charge in [0.05, 0.1) is 25.9 Å². The zero-order chi connectivity index (χ0) is 13.1. The molecule has 0 saturated heterocycles. The Kier molecular flexibility index (Phi) is 10.6. The van der Waals surface area contributed by atoms with Crippen molar-refractivity contribution < 1.29 is 24.5 Å². The molecular weight excluding hydrogens is 246 g/mol. The summed E-state index contributed by atoms with van der Waals surface area (Å²) in [4.78, 5) is 10.8. The molecule has 0 aliphatic rings. The number of carbonyl (C=O) groups is 1. The summed E-state index contributed by atoms with van der Waals surface area (Å²) in [6, 6.07) is -0.680. The lowest BCUT2D eigenvalue weighted by Gasteiger charge is -2.16. The summed E-state index contributed by atoms with van der Waals surface area (Å²) in [7, 11) is 1.57. The highest BCUT2D eigenvalue weighted by Crippen LogP contribution is 1.95. The lowest BCUT2D eigenvalue weighted by atomic mass is 10.2. The largest absolute Gasteiger partial charge is 0.480 e. The monoisotopic (exact) mass is 267 g/mol. The second kappa shape index (κ2) is 10.8. The lowest BCUT2D eigenvalue weighted by Crippen LogP contribution is -2.42. The predicted octanol–water partition coefficient (Wildman–Crippen LogP) is -0.627. The third-order valence-electron chi connectivity index (χ3n) is 2.06. The van der Waals surface area contributed by atoms with Gasteiger partial charge in [-0.05, 0) is 12.2 Å². The number of nitrogens with one attached hydrogen (secondary N) is 1. The molecule has 2 atom stereocenters. The smallest absolute Gasteiger partial charge is 0.320 e. The number of methoxy groups -OCH3 is 1. The standard InChI is InChI=1S/C10H21NO5S/c1-15-3-4-16-7-8(12)6-11-9(2-5-17)10(13)14/h8-9,11-12,17H,2-7H2,1H3,(H,13,14). The van der Waals surface area contributed by atoms with Crippen molar-refractivity contribution in [2.45, 2.75) is 18.6 Å². The van der Waals surface area contributed by atoms with Gasteiger partial charge in [0.25, 0.3) is 0 Å². The van der Waals surface area contributed by atoms with Crippen LogP contribution in [0.2, 0.25) is 0 Å². The van der Waals surface area contributed by atoms with Crippen LogP contribution < -0.4 is 5.32 Å². The molecule has 0 saturated carbocycles. The van der Waals surface area contributed by atoms with E-state index >= 15 is 0 Å². The van der Waals surface area contributed by atoms with Gasteiger partial charge in [0.2, 0.25) is 0 Å². The van der Waals surface area contributed by atoms with Crippen LogP contribution in [0.15, 0.2) is 0 Å². The fraction of sp³-hybridized carbons (Fsp3) is 0.900. The summed E-state index contributed by atoms with van der Waals surface area (Å²) in [5.41, 5.74) is 0. The molecular formula is C10H21NO5S. The van der Waals surface area contributed by atoms with Crippen LogP contribution in [0.4, 0.5) is 0 Å². The van der Waals surface area contributed by atoms with Gasteiger partial charge < -0.3 is 25.0 Å². The topological polar surface area (TPSA) is 88.0 Å². The van der Waals surface area contributed by atoms with Gasteiger partial charge in [0.1, 0.15) is 6.04 Å². The maximum Gasteiger partial charge on any atom is 0.320 e. The number of carboxylic acids is 1. The highest BCUT2D eigenvalue weighted by Gasteiger charge is 2.17. The number of ether oxygens (including phenoxy) is 2. The SMILES string of the molecule is COCCOCC(O)CNC(CCS)C(=O)O. The molecule has 0 aliphatic heterocycles. The van der Waals surface area contributed by atoms with Crippen LogP contribution in [-0.2, 0) is 14.3 Å². The van der Waals surface area contributed by atoms with E-state index in [9.17, 15) is 9.90 Å². The summed E-state index contributed by atoms with van der Waals surface area (Å²) >= 11 is 3.97. The Morgan fingerprint density at radius 3 is 2.71 bits per heavy atom. The van der Waals surface area contributed by atoms with Gasteiger partial charge in [-0.3, -0.25) is 4.79 Å². The number of thiol groups is 1. The molecule has 0 aromatic rings. The average Bonchev–Trinajstić information content (AvgIpc) is 2.29. The first-order valence-electron chi connectivity index (χ1n) is 5.43. The van der Waals surface area contributed by atoms with Gasteiger partial charge in [-0.15, -0.1) is 0 Å². The first-order chi connectivity index (χ1) is 8.11. The Balaban J connectivity index is 3.65. The highest BCUT2D eigenvalue weighted by atomic mass is 32.1. The van der Waals surface area contributed by atoms with E-state index in [-0.39, 0.29) is 13.2 Å². The summed E-state index contributed by atoms with van der Waals surface area (Å²) < 4.78 is 9.89. The number of aliphatic carboxylic acids is 1. The quantitative estimate of drug-likeness (QED) is 0.295. The van der Waals surface area contributed by atoms with Crippen molar-refractivity contribution in [3.63, 3.8) is 0 Å². The minimum Gasteiger partial charge on any atom is -0.480 e. The Morgan fingerprint density at radius 2 is 2.18 bits per heavy atom. The fourth-order valence-electron chi connectivity index (χ4n) is 1.14. The van der Waals surface area contributed by atoms with Crippen molar-refractivity contribution in [2.24, 2.45) is 0 Å². The molecule has 0 fully saturated rings. The van der Waals surface area contributed by atoms with Crippen LogP contribution in [0.3, 0.4) is 0 Å². The Morgan fingerprint density at radius 1 is 1.47 bits per heavy atom. The van der Waals surface area contributed by atoms with E-state index in [0.717, 1.165) is 0 Å². The molecule has 6 nitrogen and oxygen atoms in total. The van der Waals surface area contributed by atoms with Gasteiger partial charge in [0.15, 0.2) is 0 Å². The minimum atomic E-state index is -0.938. The third-order valence-corrected chi connectivity index (χ3v) is 2.32. The molecule has 0 aliphatic carbocycles. The van der Waals surface area contributed by atoms with E-state index in [1.807, 2.05) is 0 Å². The molecule has 0 radical (unpaired) electrons. The van der Waals surface area contributed by atoms with Gasteiger partial charge in [-0.2, -0.15) is 12.6 Å². The van der Waals surface area contributed by atoms with Crippen LogP contribution in [0.5, 0.6) is 0 Å². The van der Waals surface area contributed by atoms with Gasteiger partial charge >= 0.3 is 5.97 Å². The zero-order valence-electron chi connectivity index (χ0n) is 9.96. The van der Waals surface area contributed by atoms with Gasteiger partial charge in [-0.1, -0.05) is 0 Å². The first kappa shape index (κ1) is 16.7. The number of rotatable bonds is 11. The van der Waals surface area contributed by atoms with Crippen molar-refractivity contribution in [1.82, 2.24) is 5.32 Å². The van der Waals surface area contributed by atoms with Crippen molar-refractivity contribution in [3.8, 4) is 0 Å². The molecule has 17 heavy (non-hydrogen) atoms. The number of aliphatic hydroxyl groups is 1. The van der Waals surface area contributed by atoms with Crippen molar-refractivity contribution in [3.05, 3.63) is 0 Å². The molecule has 2 unspecified atom stereocenters. The Hall–Kier alpha value is -0.340. The maximum atomic E-state index is 10.8. The van der Waals surface area contributed by atoms with Crippen LogP contribution >= 0.6 is 12.6 Å². The number of aliphatic hydroxyl groups excluding tert-OH is 1. The first-order valence-corrected chi connectivity index (χ1v) is 6.06. The fourth-order valence-corrected chi connectivity index (χ4v) is 1.40. The van der Waals surface area contributed by atoms with E-state index in [2.05, 4.69) is 17.9 Å². The second-order valence-corrected chi connectivity index (χ2v) is 3.98. The minimum absolute atomic E-state index is 0.156. The number of hydrogen-bond donors (Lipinski definition) is 4. The molecule has 0 aromatic heterocycles. The molecule has 0 heterocycles. The Bertz CT molecular complexity index is 205. The number of carboxylic acid groups (broad SMARTS) is 1. The predicted molar refractivity (Wildman–Crippen MR) is 66.6 cm³/mol. The molecule has 7 heteroatoms. The van der Waals surface area contributed by atoms with E-state index in [4.69, 9.17) is 14.6 Å². The molecule has 102 valence electrons. The summed E-state index contributed by atoms with van der Waals surface area (Å²) in [5.74, 6) is -0.462. The average molecular weight is 267 g/mol. The molecule has 0 rings (SSSR count). The third kappa shape index (κ3) is 9.37. The van der Waals surface area contributed by atoms with Crippen LogP contribution in [0, 0.1) is 0 Å². The van der Waals surface area contributed by atoms with Gasteiger partial charge in [0, 0.05) is 13.7 Å². The molecule has 0 spiro atoms. The normalized spacial score (nSPS) is 14.5. The second-order valence-electron chi connectivity index (χ2n) is 3.53. The van der Waals surface area contributed by atoms with Crippen LogP contribution in [0.25, 0.3) is 0 Å². The number of hydrogen-bond acceptors (Lipinski definition) is 6. The Labute approximate surface area is 107 Å². The molecule has 3 N–H and O–H groups in total. The van der Waals surface area contributed by atoms with E-state index < -0.39 is 18.1 Å². The maximum absolute atomic E-state index is 10.8. The van der Waals surface area contributed by atoms with Crippen molar-refractivity contribution in [2.75, 3.05) is 39.2 Å². The van der Waals surface area contributed by atoms with Crippen LogP contribution in [-0.4, -0.2) is 67.6 Å². The van der Waals surface area contributed by atoms with E-state index in [1.165, 1.54) is 0 Å². The highest BCUT2D eigenvalue weighted by molar-refractivity contribution is 7.80. The summed E-state index contributed by atoms with van der Waals surface area (Å²) in [6.07, 6.45) is -0.316. The van der Waals surface area contributed by atoms with E-state index in [1.54, 1.807) is 7.11 Å². The van der Waals surface area contributed by atoms with E-state index in [0.29, 0.717) is 25.4 Å². The lowest BCUT2D eigenvalue weighted by molar-refractivity contribution is -0.139. The van der Waals surface area contributed by atoms with Crippen molar-refractivity contribution in [1.29, 1.82) is 0 Å².